The van der Waals surface area contributed by atoms with Crippen LogP contribution < -0.4 is 4.90 Å². The Balaban J connectivity index is 2.24. The second-order valence-electron chi connectivity index (χ2n) is 4.19. The number of nitrogens with zero attached hydrogens (tertiary/aromatic N) is 1. The molecule has 0 N–H and O–H groups in total. The average molecular weight is 268 g/mol. The molecule has 1 aliphatic rings. The fraction of sp³-hybridized carbons (Fsp3) is 0.538. The van der Waals surface area contributed by atoms with Gasteiger partial charge >= 0.3 is 0 Å². The third-order valence-corrected chi connectivity index (χ3v) is 3.79. The Bertz CT molecular complexity index is 329. The number of hydrogen-bond acceptors (Lipinski definition) is 1. The summed E-state index contributed by atoms with van der Waals surface area (Å²) in [5.74, 6) is 0. The molecule has 0 atom stereocenters. The van der Waals surface area contributed by atoms with Crippen molar-refractivity contribution in [2.75, 3.05) is 18.0 Å². The largest absolute Gasteiger partial charge is 0.371 e. The number of piperidine rings is 1. The summed E-state index contributed by atoms with van der Waals surface area (Å²) < 4.78 is 1.24. The van der Waals surface area contributed by atoms with Gasteiger partial charge in [0.2, 0.25) is 0 Å². The number of rotatable bonds is 2. The lowest BCUT2D eigenvalue weighted by atomic mass is 10.1. The number of halogens is 1. The minimum atomic E-state index is 1.12. The molecule has 1 aromatic rings. The van der Waals surface area contributed by atoms with Gasteiger partial charge in [0.05, 0.1) is 5.69 Å². The van der Waals surface area contributed by atoms with E-state index in [1.807, 2.05) is 0 Å². The van der Waals surface area contributed by atoms with Crippen LogP contribution in [0.5, 0.6) is 0 Å². The molecular formula is C13H18BrN. The van der Waals surface area contributed by atoms with E-state index in [0.29, 0.717) is 0 Å². The van der Waals surface area contributed by atoms with Crippen molar-refractivity contribution in [2.24, 2.45) is 0 Å². The summed E-state index contributed by atoms with van der Waals surface area (Å²) in [6.45, 7) is 4.64. The van der Waals surface area contributed by atoms with Crippen molar-refractivity contribution in [3.63, 3.8) is 0 Å². The van der Waals surface area contributed by atoms with E-state index in [1.165, 1.54) is 48.1 Å². The maximum Gasteiger partial charge on any atom is 0.0513 e. The summed E-state index contributed by atoms with van der Waals surface area (Å²) in [4.78, 5) is 2.51. The summed E-state index contributed by atoms with van der Waals surface area (Å²) in [6.07, 6.45) is 5.18. The highest BCUT2D eigenvalue weighted by Gasteiger charge is 2.13. The van der Waals surface area contributed by atoms with E-state index in [4.69, 9.17) is 0 Å². The van der Waals surface area contributed by atoms with Gasteiger partial charge in [-0.25, -0.2) is 0 Å². The van der Waals surface area contributed by atoms with Crippen LogP contribution >= 0.6 is 15.9 Å². The van der Waals surface area contributed by atoms with Gasteiger partial charge in [-0.05, 0) is 59.3 Å². The molecule has 0 spiro atoms. The third-order valence-electron chi connectivity index (χ3n) is 3.12. The lowest BCUT2D eigenvalue weighted by Crippen LogP contribution is -2.29. The van der Waals surface area contributed by atoms with Gasteiger partial charge in [-0.1, -0.05) is 13.0 Å². The molecule has 2 heteroatoms. The zero-order valence-corrected chi connectivity index (χ0v) is 10.9. The van der Waals surface area contributed by atoms with Gasteiger partial charge in [0.15, 0.2) is 0 Å². The second-order valence-corrected chi connectivity index (χ2v) is 5.04. The second kappa shape index (κ2) is 5.02. The lowest BCUT2D eigenvalue weighted by Gasteiger charge is -2.30. The van der Waals surface area contributed by atoms with Crippen molar-refractivity contribution >= 4 is 21.6 Å². The van der Waals surface area contributed by atoms with Crippen molar-refractivity contribution in [2.45, 2.75) is 32.6 Å². The van der Waals surface area contributed by atoms with Crippen LogP contribution in [0.2, 0.25) is 0 Å². The van der Waals surface area contributed by atoms with E-state index in [-0.39, 0.29) is 0 Å². The molecule has 0 aromatic heterocycles. The molecule has 82 valence electrons. The molecule has 1 aliphatic heterocycles. The Labute approximate surface area is 101 Å². The summed E-state index contributed by atoms with van der Waals surface area (Å²) >= 11 is 3.65. The monoisotopic (exact) mass is 267 g/mol. The van der Waals surface area contributed by atoms with Crippen LogP contribution in [0.1, 0.15) is 31.7 Å². The fourth-order valence-electron chi connectivity index (χ4n) is 2.16. The first-order valence-corrected chi connectivity index (χ1v) is 6.64. The van der Waals surface area contributed by atoms with Gasteiger partial charge in [0.1, 0.15) is 0 Å². The molecule has 2 rings (SSSR count). The van der Waals surface area contributed by atoms with Crippen molar-refractivity contribution in [1.29, 1.82) is 0 Å². The topological polar surface area (TPSA) is 3.24 Å². The Morgan fingerprint density at radius 3 is 2.60 bits per heavy atom. The van der Waals surface area contributed by atoms with Crippen LogP contribution in [0.15, 0.2) is 22.7 Å². The van der Waals surface area contributed by atoms with Gasteiger partial charge in [0.25, 0.3) is 0 Å². The number of hydrogen-bond donors (Lipinski definition) is 0. The van der Waals surface area contributed by atoms with Crippen LogP contribution in [0.25, 0.3) is 0 Å². The summed E-state index contributed by atoms with van der Waals surface area (Å²) in [6, 6.07) is 6.72. The van der Waals surface area contributed by atoms with Crippen molar-refractivity contribution < 1.29 is 0 Å². The minimum Gasteiger partial charge on any atom is -0.371 e. The number of aryl methyl sites for hydroxylation is 1. The minimum absolute atomic E-state index is 1.12. The molecule has 15 heavy (non-hydrogen) atoms. The van der Waals surface area contributed by atoms with Gasteiger partial charge in [-0.2, -0.15) is 0 Å². The van der Waals surface area contributed by atoms with E-state index in [1.54, 1.807) is 0 Å². The standard InChI is InChI=1S/C13H18BrN/c1-2-11-6-7-12(14)13(10-11)15-8-4-3-5-9-15/h6-7,10H,2-5,8-9H2,1H3. The fourth-order valence-corrected chi connectivity index (χ4v) is 2.65. The van der Waals surface area contributed by atoms with E-state index in [9.17, 15) is 0 Å². The third kappa shape index (κ3) is 2.54. The molecule has 1 fully saturated rings. The summed E-state index contributed by atoms with van der Waals surface area (Å²) in [5.41, 5.74) is 2.81. The molecule has 1 aromatic carbocycles. The van der Waals surface area contributed by atoms with Gasteiger partial charge in [-0.15, -0.1) is 0 Å². The molecule has 0 amide bonds. The first kappa shape index (κ1) is 11.0. The molecular weight excluding hydrogens is 250 g/mol. The summed E-state index contributed by atoms with van der Waals surface area (Å²) in [5, 5.41) is 0. The normalized spacial score (nSPS) is 16.8. The highest BCUT2D eigenvalue weighted by molar-refractivity contribution is 9.10. The van der Waals surface area contributed by atoms with Crippen LogP contribution in [-0.2, 0) is 6.42 Å². The molecule has 0 unspecified atom stereocenters. The molecule has 0 bridgehead atoms. The number of benzene rings is 1. The highest BCUT2D eigenvalue weighted by Crippen LogP contribution is 2.29. The van der Waals surface area contributed by atoms with E-state index in [2.05, 4.69) is 46.0 Å². The van der Waals surface area contributed by atoms with Crippen molar-refractivity contribution in [1.82, 2.24) is 0 Å². The van der Waals surface area contributed by atoms with E-state index < -0.39 is 0 Å². The van der Waals surface area contributed by atoms with Crippen LogP contribution in [0, 0.1) is 0 Å². The quantitative estimate of drug-likeness (QED) is 0.783. The smallest absolute Gasteiger partial charge is 0.0513 e. The Morgan fingerprint density at radius 2 is 1.93 bits per heavy atom. The Hall–Kier alpha value is -0.500. The lowest BCUT2D eigenvalue weighted by molar-refractivity contribution is 0.577. The zero-order chi connectivity index (χ0) is 10.7. The van der Waals surface area contributed by atoms with Gasteiger partial charge in [-0.3, -0.25) is 0 Å². The summed E-state index contributed by atoms with van der Waals surface area (Å²) in [7, 11) is 0. The van der Waals surface area contributed by atoms with Crippen LogP contribution in [-0.4, -0.2) is 13.1 Å². The molecule has 1 saturated heterocycles. The average Bonchev–Trinajstić information content (AvgIpc) is 2.31. The molecule has 0 saturated carbocycles. The van der Waals surface area contributed by atoms with Crippen molar-refractivity contribution in [3.8, 4) is 0 Å². The van der Waals surface area contributed by atoms with E-state index in [0.717, 1.165) is 6.42 Å². The van der Waals surface area contributed by atoms with Crippen LogP contribution in [0.4, 0.5) is 5.69 Å². The van der Waals surface area contributed by atoms with E-state index >= 15 is 0 Å². The zero-order valence-electron chi connectivity index (χ0n) is 9.30. The maximum absolute atomic E-state index is 3.65. The Morgan fingerprint density at radius 1 is 1.20 bits per heavy atom. The number of anilines is 1. The highest BCUT2D eigenvalue weighted by atomic mass is 79.9. The SMILES string of the molecule is CCc1ccc(Br)c(N2CCCCC2)c1. The molecule has 0 radical (unpaired) electrons. The molecule has 1 heterocycles. The predicted molar refractivity (Wildman–Crippen MR) is 69.6 cm³/mol. The van der Waals surface area contributed by atoms with Crippen LogP contribution in [0.3, 0.4) is 0 Å². The Kier molecular flexibility index (Phi) is 3.68. The molecule has 0 aliphatic carbocycles. The van der Waals surface area contributed by atoms with Gasteiger partial charge < -0.3 is 4.90 Å². The van der Waals surface area contributed by atoms with Gasteiger partial charge in [0, 0.05) is 17.6 Å². The first-order valence-electron chi connectivity index (χ1n) is 5.84. The predicted octanol–water partition coefficient (Wildman–Crippen LogP) is 4.00. The first-order chi connectivity index (χ1) is 7.31. The molecule has 1 nitrogen and oxygen atoms in total. The van der Waals surface area contributed by atoms with Crippen molar-refractivity contribution in [3.05, 3.63) is 28.2 Å². The maximum atomic E-state index is 3.65.